The highest BCUT2D eigenvalue weighted by Gasteiger charge is 2.46. The second-order valence-corrected chi connectivity index (χ2v) is 6.18. The fraction of sp³-hybridized carbons (Fsp3) is 0.875. The molecule has 1 saturated heterocycles. The number of hydrogen-bond acceptors (Lipinski definition) is 3. The van der Waals surface area contributed by atoms with E-state index in [2.05, 4.69) is 12.2 Å². The van der Waals surface area contributed by atoms with Crippen molar-refractivity contribution in [3.63, 3.8) is 0 Å². The molecule has 0 aromatic heterocycles. The molecule has 5 nitrogen and oxygen atoms in total. The molecule has 0 aliphatic carbocycles. The van der Waals surface area contributed by atoms with Crippen molar-refractivity contribution >= 4 is 11.9 Å². The lowest BCUT2D eigenvalue weighted by molar-refractivity contribution is -0.150. The summed E-state index contributed by atoms with van der Waals surface area (Å²) in [6, 6.07) is 0.160. The number of aliphatic carboxylic acids is 1. The van der Waals surface area contributed by atoms with Gasteiger partial charge >= 0.3 is 5.97 Å². The van der Waals surface area contributed by atoms with E-state index in [1.165, 1.54) is 12.8 Å². The summed E-state index contributed by atoms with van der Waals surface area (Å²) in [6.07, 6.45) is 6.49. The summed E-state index contributed by atoms with van der Waals surface area (Å²) in [4.78, 5) is 25.5. The van der Waals surface area contributed by atoms with E-state index >= 15 is 0 Å². The molecule has 0 bridgehead atoms. The van der Waals surface area contributed by atoms with Gasteiger partial charge in [0.1, 0.15) is 5.54 Å². The van der Waals surface area contributed by atoms with Gasteiger partial charge in [-0.1, -0.05) is 33.1 Å². The first kappa shape index (κ1) is 18.0. The van der Waals surface area contributed by atoms with Crippen LogP contribution in [0.25, 0.3) is 0 Å². The molecule has 1 aliphatic heterocycles. The topological polar surface area (TPSA) is 69.6 Å². The molecule has 122 valence electrons. The van der Waals surface area contributed by atoms with E-state index in [1.807, 2.05) is 18.7 Å². The Balaban J connectivity index is 2.48. The van der Waals surface area contributed by atoms with E-state index in [0.29, 0.717) is 19.4 Å². The fourth-order valence-corrected chi connectivity index (χ4v) is 3.23. The van der Waals surface area contributed by atoms with Crippen LogP contribution in [0.5, 0.6) is 0 Å². The molecular formula is C16H30N2O3. The Morgan fingerprint density at radius 3 is 2.62 bits per heavy atom. The van der Waals surface area contributed by atoms with Gasteiger partial charge in [0.25, 0.3) is 0 Å². The van der Waals surface area contributed by atoms with Crippen LogP contribution in [0.2, 0.25) is 0 Å². The van der Waals surface area contributed by atoms with Gasteiger partial charge in [0.05, 0.1) is 6.54 Å². The van der Waals surface area contributed by atoms with Crippen molar-refractivity contribution in [1.82, 2.24) is 10.2 Å². The van der Waals surface area contributed by atoms with Crippen LogP contribution in [0.1, 0.15) is 65.7 Å². The van der Waals surface area contributed by atoms with E-state index in [-0.39, 0.29) is 18.5 Å². The second-order valence-electron chi connectivity index (χ2n) is 6.18. The third-order valence-electron chi connectivity index (χ3n) is 4.59. The summed E-state index contributed by atoms with van der Waals surface area (Å²) >= 11 is 0. The van der Waals surface area contributed by atoms with E-state index in [0.717, 1.165) is 19.3 Å². The van der Waals surface area contributed by atoms with E-state index < -0.39 is 11.5 Å². The molecule has 1 rings (SSSR count). The third-order valence-corrected chi connectivity index (χ3v) is 4.59. The summed E-state index contributed by atoms with van der Waals surface area (Å²) < 4.78 is 0. The lowest BCUT2D eigenvalue weighted by Gasteiger charge is -2.33. The number of hydrogen-bond donors (Lipinski definition) is 2. The van der Waals surface area contributed by atoms with Crippen LogP contribution in [0.15, 0.2) is 0 Å². The van der Waals surface area contributed by atoms with E-state index in [4.69, 9.17) is 0 Å². The Bertz CT molecular complexity index is 359. The van der Waals surface area contributed by atoms with Crippen LogP contribution in [0.3, 0.4) is 0 Å². The summed E-state index contributed by atoms with van der Waals surface area (Å²) in [6.45, 7) is 6.95. The van der Waals surface area contributed by atoms with Gasteiger partial charge < -0.3 is 10.4 Å². The highest BCUT2D eigenvalue weighted by Crippen LogP contribution is 2.32. The van der Waals surface area contributed by atoms with Crippen LogP contribution < -0.4 is 5.32 Å². The first-order chi connectivity index (χ1) is 9.96. The largest absolute Gasteiger partial charge is 0.480 e. The number of nitrogens with zero attached hydrogens (tertiary/aromatic N) is 1. The zero-order valence-electron chi connectivity index (χ0n) is 13.7. The number of carboxylic acid groups (broad SMARTS) is 1. The Labute approximate surface area is 128 Å². The smallest absolute Gasteiger partial charge is 0.324 e. The van der Waals surface area contributed by atoms with Crippen molar-refractivity contribution in [2.45, 2.75) is 77.3 Å². The zero-order chi connectivity index (χ0) is 15.9. The predicted molar refractivity (Wildman–Crippen MR) is 83.2 cm³/mol. The normalized spacial score (nSPS) is 24.0. The lowest BCUT2D eigenvalue weighted by atomic mass is 9.93. The number of carbonyl (C=O) groups excluding carboxylic acids is 1. The van der Waals surface area contributed by atoms with Crippen LogP contribution >= 0.6 is 0 Å². The second kappa shape index (κ2) is 8.37. The zero-order valence-corrected chi connectivity index (χ0v) is 13.7. The van der Waals surface area contributed by atoms with Crippen LogP contribution in [0, 0.1) is 0 Å². The highest BCUT2D eigenvalue weighted by molar-refractivity contribution is 5.82. The molecule has 1 heterocycles. The molecule has 1 fully saturated rings. The molecular weight excluding hydrogens is 268 g/mol. The number of carboxylic acids is 1. The summed E-state index contributed by atoms with van der Waals surface area (Å²) in [5.41, 5.74) is -0.844. The van der Waals surface area contributed by atoms with Crippen molar-refractivity contribution in [2.75, 3.05) is 13.1 Å². The number of likely N-dealkylation sites (tertiary alicyclic amines) is 1. The molecule has 2 atom stereocenters. The van der Waals surface area contributed by atoms with Gasteiger partial charge in [0.2, 0.25) is 5.91 Å². The maximum absolute atomic E-state index is 12.1. The Morgan fingerprint density at radius 1 is 1.33 bits per heavy atom. The highest BCUT2D eigenvalue weighted by atomic mass is 16.4. The predicted octanol–water partition coefficient (Wildman–Crippen LogP) is 2.40. The summed E-state index contributed by atoms with van der Waals surface area (Å²) in [5, 5.41) is 12.5. The Hall–Kier alpha value is -1.10. The van der Waals surface area contributed by atoms with Crippen molar-refractivity contribution in [3.8, 4) is 0 Å². The number of unbranched alkanes of at least 4 members (excludes halogenated alkanes) is 2. The summed E-state index contributed by atoms with van der Waals surface area (Å²) in [7, 11) is 0. The number of amides is 1. The molecule has 0 saturated carbocycles. The molecule has 0 aromatic rings. The molecule has 0 aromatic carbocycles. The molecule has 1 amide bonds. The standard InChI is InChI=1S/C16H30N2O3/c1-4-6-7-9-13(3)17-14(19)12-18-11-8-10-16(18,5-2)15(20)21/h13H,4-12H2,1-3H3,(H,17,19)(H,20,21). The van der Waals surface area contributed by atoms with Gasteiger partial charge in [-0.2, -0.15) is 0 Å². The lowest BCUT2D eigenvalue weighted by Crippen LogP contribution is -2.53. The number of carbonyl (C=O) groups is 2. The third kappa shape index (κ3) is 4.70. The number of nitrogens with one attached hydrogen (secondary N) is 1. The Kier molecular flexibility index (Phi) is 7.15. The minimum Gasteiger partial charge on any atom is -0.480 e. The Morgan fingerprint density at radius 2 is 2.05 bits per heavy atom. The molecule has 21 heavy (non-hydrogen) atoms. The average Bonchev–Trinajstić information content (AvgIpc) is 2.82. The van der Waals surface area contributed by atoms with Crippen LogP contribution in [-0.4, -0.2) is 46.6 Å². The minimum absolute atomic E-state index is 0.0556. The van der Waals surface area contributed by atoms with E-state index in [1.54, 1.807) is 0 Å². The first-order valence-electron chi connectivity index (χ1n) is 8.24. The molecule has 2 unspecified atom stereocenters. The van der Waals surface area contributed by atoms with Gasteiger partial charge in [-0.25, -0.2) is 0 Å². The quantitative estimate of drug-likeness (QED) is 0.641. The van der Waals surface area contributed by atoms with Crippen molar-refractivity contribution in [2.24, 2.45) is 0 Å². The van der Waals surface area contributed by atoms with Crippen molar-refractivity contribution in [3.05, 3.63) is 0 Å². The molecule has 0 radical (unpaired) electrons. The monoisotopic (exact) mass is 298 g/mol. The first-order valence-corrected chi connectivity index (χ1v) is 8.24. The maximum atomic E-state index is 12.1. The summed E-state index contributed by atoms with van der Waals surface area (Å²) in [5.74, 6) is -0.855. The van der Waals surface area contributed by atoms with Gasteiger partial charge in [-0.05, 0) is 39.2 Å². The average molecular weight is 298 g/mol. The number of rotatable bonds is 9. The van der Waals surface area contributed by atoms with Gasteiger partial charge in [-0.15, -0.1) is 0 Å². The molecule has 5 heteroatoms. The van der Waals surface area contributed by atoms with Crippen molar-refractivity contribution < 1.29 is 14.7 Å². The van der Waals surface area contributed by atoms with Gasteiger partial charge in [-0.3, -0.25) is 14.5 Å². The van der Waals surface area contributed by atoms with Gasteiger partial charge in [0, 0.05) is 6.04 Å². The SMILES string of the molecule is CCCCCC(C)NC(=O)CN1CCCC1(CC)C(=O)O. The minimum atomic E-state index is -0.844. The molecule has 1 aliphatic rings. The van der Waals surface area contributed by atoms with Gasteiger partial charge in [0.15, 0.2) is 0 Å². The maximum Gasteiger partial charge on any atom is 0.324 e. The van der Waals surface area contributed by atoms with Crippen LogP contribution in [0.4, 0.5) is 0 Å². The molecule has 0 spiro atoms. The van der Waals surface area contributed by atoms with E-state index in [9.17, 15) is 14.7 Å². The fourth-order valence-electron chi connectivity index (χ4n) is 3.23. The van der Waals surface area contributed by atoms with Crippen molar-refractivity contribution in [1.29, 1.82) is 0 Å². The molecule has 2 N–H and O–H groups in total. The van der Waals surface area contributed by atoms with Crippen LogP contribution in [-0.2, 0) is 9.59 Å².